The number of fused-ring (bicyclic) bond motifs is 1. The van der Waals surface area contributed by atoms with Crippen LogP contribution in [-0.2, 0) is 6.54 Å². The number of aromatic nitrogens is 4. The molecule has 2 aromatic carbocycles. The molecule has 4 aromatic rings. The molecule has 0 unspecified atom stereocenters. The maximum Gasteiger partial charge on any atom is 0.352 e. The molecule has 0 aliphatic rings. The van der Waals surface area contributed by atoms with Gasteiger partial charge in [0.15, 0.2) is 5.65 Å². The molecule has 0 amide bonds. The summed E-state index contributed by atoms with van der Waals surface area (Å²) in [5, 5.41) is 4.27. The summed E-state index contributed by atoms with van der Waals surface area (Å²) >= 11 is 0. The molecule has 28 heavy (non-hydrogen) atoms. The lowest BCUT2D eigenvalue weighted by molar-refractivity contribution is 0.415. The third kappa shape index (κ3) is 3.13. The zero-order valence-corrected chi connectivity index (χ0v) is 15.2. The van der Waals surface area contributed by atoms with E-state index in [1.807, 2.05) is 24.3 Å². The van der Waals surface area contributed by atoms with E-state index in [9.17, 15) is 13.6 Å². The lowest BCUT2D eigenvalue weighted by Crippen LogP contribution is -2.23. The number of rotatable bonds is 4. The zero-order valence-electron chi connectivity index (χ0n) is 15.2. The Balaban J connectivity index is 1.78. The monoisotopic (exact) mass is 382 g/mol. The third-order valence-corrected chi connectivity index (χ3v) is 4.45. The predicted octanol–water partition coefficient (Wildman–Crippen LogP) is 3.20. The van der Waals surface area contributed by atoms with Crippen molar-refractivity contribution in [2.45, 2.75) is 13.5 Å². The van der Waals surface area contributed by atoms with Crippen molar-refractivity contribution in [2.75, 3.05) is 7.11 Å². The van der Waals surface area contributed by atoms with Gasteiger partial charge in [-0.1, -0.05) is 0 Å². The van der Waals surface area contributed by atoms with Crippen LogP contribution in [0.2, 0.25) is 0 Å². The van der Waals surface area contributed by atoms with Gasteiger partial charge in [-0.3, -0.25) is 0 Å². The Kier molecular flexibility index (Phi) is 4.38. The van der Waals surface area contributed by atoms with Crippen LogP contribution >= 0.6 is 0 Å². The number of aryl methyl sites for hydroxylation is 1. The van der Waals surface area contributed by atoms with Gasteiger partial charge in [0.2, 0.25) is 0 Å². The van der Waals surface area contributed by atoms with Crippen LogP contribution in [-0.4, -0.2) is 26.3 Å². The first-order valence-corrected chi connectivity index (χ1v) is 8.52. The van der Waals surface area contributed by atoms with Crippen molar-refractivity contribution < 1.29 is 13.5 Å². The predicted molar refractivity (Wildman–Crippen MR) is 99.4 cm³/mol. The lowest BCUT2D eigenvalue weighted by atomic mass is 10.1. The highest BCUT2D eigenvalue weighted by Crippen LogP contribution is 2.22. The summed E-state index contributed by atoms with van der Waals surface area (Å²) in [7, 11) is 1.59. The van der Waals surface area contributed by atoms with E-state index >= 15 is 0 Å². The molecule has 0 atom stereocenters. The van der Waals surface area contributed by atoms with Gasteiger partial charge in [0.1, 0.15) is 23.2 Å². The summed E-state index contributed by atoms with van der Waals surface area (Å²) in [5.41, 5.74) is 1.43. The molecule has 0 fully saturated rings. The van der Waals surface area contributed by atoms with Gasteiger partial charge in [0.05, 0.1) is 19.3 Å². The number of benzene rings is 2. The molecule has 2 aromatic heterocycles. The minimum atomic E-state index is -0.598. The molecular weight excluding hydrogens is 366 g/mol. The minimum Gasteiger partial charge on any atom is -0.497 e. The van der Waals surface area contributed by atoms with Gasteiger partial charge in [-0.2, -0.15) is 0 Å². The average molecular weight is 382 g/mol. The first-order valence-electron chi connectivity index (χ1n) is 8.52. The number of halogens is 2. The fraction of sp³-hybridized carbons (Fsp3) is 0.150. The average Bonchev–Trinajstić information content (AvgIpc) is 3.00. The molecule has 8 heteroatoms. The van der Waals surface area contributed by atoms with Crippen molar-refractivity contribution in [1.29, 1.82) is 0 Å². The van der Waals surface area contributed by atoms with Crippen LogP contribution in [0.15, 0.2) is 53.3 Å². The van der Waals surface area contributed by atoms with Crippen molar-refractivity contribution in [3.63, 3.8) is 0 Å². The highest BCUT2D eigenvalue weighted by atomic mass is 19.1. The Morgan fingerprint density at radius 1 is 1.07 bits per heavy atom. The van der Waals surface area contributed by atoms with Crippen molar-refractivity contribution in [3.8, 4) is 17.0 Å². The van der Waals surface area contributed by atoms with Gasteiger partial charge in [-0.15, -0.1) is 5.10 Å². The number of nitrogens with zero attached hydrogens (tertiary/aromatic N) is 4. The molecule has 0 aliphatic carbocycles. The van der Waals surface area contributed by atoms with Crippen molar-refractivity contribution in [1.82, 2.24) is 19.2 Å². The quantitative estimate of drug-likeness (QED) is 0.544. The van der Waals surface area contributed by atoms with Crippen molar-refractivity contribution in [3.05, 3.63) is 82.0 Å². The van der Waals surface area contributed by atoms with E-state index in [1.54, 1.807) is 20.1 Å². The van der Waals surface area contributed by atoms with Crippen LogP contribution in [0.25, 0.3) is 16.9 Å². The van der Waals surface area contributed by atoms with E-state index in [0.717, 1.165) is 34.2 Å². The van der Waals surface area contributed by atoms with E-state index in [2.05, 4.69) is 10.1 Å². The first-order chi connectivity index (χ1) is 13.5. The summed E-state index contributed by atoms with van der Waals surface area (Å²) in [6.45, 7) is 1.51. The van der Waals surface area contributed by atoms with Crippen LogP contribution in [0.3, 0.4) is 0 Å². The van der Waals surface area contributed by atoms with Gasteiger partial charge in [0, 0.05) is 17.2 Å². The van der Waals surface area contributed by atoms with Crippen LogP contribution in [0, 0.1) is 18.6 Å². The Labute approximate surface area is 158 Å². The molecule has 4 rings (SSSR count). The van der Waals surface area contributed by atoms with Crippen molar-refractivity contribution in [2.24, 2.45) is 0 Å². The molecule has 0 saturated carbocycles. The maximum atomic E-state index is 13.9. The van der Waals surface area contributed by atoms with Crippen LogP contribution in [0.1, 0.15) is 11.4 Å². The summed E-state index contributed by atoms with van der Waals surface area (Å²) in [6.07, 6.45) is 0. The van der Waals surface area contributed by atoms with Crippen LogP contribution in [0.4, 0.5) is 8.78 Å². The smallest absolute Gasteiger partial charge is 0.352 e. The molecular formula is C20H16F2N4O2. The molecule has 0 saturated heterocycles. The number of hydrogen-bond donors (Lipinski definition) is 0. The van der Waals surface area contributed by atoms with E-state index in [-0.39, 0.29) is 12.1 Å². The normalized spacial score (nSPS) is 11.1. The van der Waals surface area contributed by atoms with Gasteiger partial charge < -0.3 is 4.74 Å². The topological polar surface area (TPSA) is 61.4 Å². The standard InChI is InChI=1S/C20H16F2N4O2/c1-12-23-18(13-3-6-16(28-2)7-4-13)10-19-24-25(20(27)26(12)19)11-14-9-15(21)5-8-17(14)22/h3-10H,11H2,1-2H3. The lowest BCUT2D eigenvalue weighted by Gasteiger charge is -2.05. The summed E-state index contributed by atoms with van der Waals surface area (Å²) in [4.78, 5) is 17.1. The largest absolute Gasteiger partial charge is 0.497 e. The van der Waals surface area contributed by atoms with Gasteiger partial charge >= 0.3 is 5.69 Å². The Bertz CT molecular complexity index is 1230. The summed E-state index contributed by atoms with van der Waals surface area (Å²) in [5.74, 6) is -0.00886. The Hall–Kier alpha value is -3.55. The summed E-state index contributed by atoms with van der Waals surface area (Å²) in [6, 6.07) is 12.1. The molecule has 2 heterocycles. The van der Waals surface area contributed by atoms with E-state index in [0.29, 0.717) is 17.2 Å². The highest BCUT2D eigenvalue weighted by Gasteiger charge is 2.14. The van der Waals surface area contributed by atoms with Crippen LogP contribution < -0.4 is 10.4 Å². The van der Waals surface area contributed by atoms with E-state index < -0.39 is 17.3 Å². The van der Waals surface area contributed by atoms with Crippen molar-refractivity contribution >= 4 is 5.65 Å². The molecule has 0 aliphatic heterocycles. The second kappa shape index (κ2) is 6.88. The maximum absolute atomic E-state index is 13.9. The van der Waals surface area contributed by atoms with Gasteiger partial charge in [0.25, 0.3) is 0 Å². The molecule has 0 radical (unpaired) electrons. The zero-order chi connectivity index (χ0) is 19.8. The highest BCUT2D eigenvalue weighted by molar-refractivity contribution is 5.64. The minimum absolute atomic E-state index is 0.0477. The second-order valence-electron chi connectivity index (χ2n) is 6.29. The molecule has 0 bridgehead atoms. The van der Waals surface area contributed by atoms with E-state index in [4.69, 9.17) is 4.74 Å². The van der Waals surface area contributed by atoms with Gasteiger partial charge in [-0.25, -0.2) is 27.6 Å². The second-order valence-corrected chi connectivity index (χ2v) is 6.29. The molecule has 0 N–H and O–H groups in total. The fourth-order valence-electron chi connectivity index (χ4n) is 3.04. The number of ether oxygens (including phenoxy) is 1. The molecule has 0 spiro atoms. The SMILES string of the molecule is COc1ccc(-c2cc3nn(Cc4cc(F)ccc4F)c(=O)n3c(C)n2)cc1. The first kappa shape index (κ1) is 17.8. The van der Waals surface area contributed by atoms with Gasteiger partial charge in [-0.05, 0) is 49.4 Å². The molecule has 142 valence electrons. The van der Waals surface area contributed by atoms with E-state index in [1.165, 1.54) is 4.40 Å². The third-order valence-electron chi connectivity index (χ3n) is 4.45. The van der Waals surface area contributed by atoms with Crippen LogP contribution in [0.5, 0.6) is 5.75 Å². The number of hydrogen-bond acceptors (Lipinski definition) is 4. The fourth-order valence-corrected chi connectivity index (χ4v) is 3.04. The Morgan fingerprint density at radius 3 is 2.54 bits per heavy atom. The summed E-state index contributed by atoms with van der Waals surface area (Å²) < 4.78 is 34.9. The molecule has 6 nitrogen and oxygen atoms in total. The Morgan fingerprint density at radius 2 is 1.82 bits per heavy atom. The number of methoxy groups -OCH3 is 1.